The van der Waals surface area contributed by atoms with Crippen LogP contribution in [-0.4, -0.2) is 52.6 Å². The molecular formula is C21H26N4O4S. The van der Waals surface area contributed by atoms with Gasteiger partial charge in [0, 0.05) is 42.5 Å². The van der Waals surface area contributed by atoms with E-state index in [0.717, 1.165) is 37.0 Å². The van der Waals surface area contributed by atoms with Gasteiger partial charge in [-0.05, 0) is 62.6 Å². The molecule has 4 heterocycles. The molecule has 2 aromatic rings. The first-order chi connectivity index (χ1) is 14.5. The number of aromatic nitrogens is 2. The normalized spacial score (nSPS) is 26.6. The first-order valence-electron chi connectivity index (χ1n) is 10.7. The highest BCUT2D eigenvalue weighted by atomic mass is 32.2. The molecule has 0 aromatic carbocycles. The number of nitrogens with one attached hydrogen (secondary N) is 1. The quantitative estimate of drug-likeness (QED) is 0.722. The minimum atomic E-state index is -3.35. The van der Waals surface area contributed by atoms with Crippen molar-refractivity contribution in [2.24, 2.45) is 0 Å². The first kappa shape index (κ1) is 19.7. The lowest BCUT2D eigenvalue weighted by atomic mass is 9.99. The van der Waals surface area contributed by atoms with Gasteiger partial charge in [-0.25, -0.2) is 8.42 Å². The Labute approximate surface area is 176 Å². The topological polar surface area (TPSA) is 105 Å². The van der Waals surface area contributed by atoms with E-state index in [1.54, 1.807) is 22.8 Å². The molecule has 0 radical (unpaired) electrons. The van der Waals surface area contributed by atoms with Crippen molar-refractivity contribution in [3.05, 3.63) is 47.6 Å². The fourth-order valence-electron chi connectivity index (χ4n) is 4.82. The molecule has 9 heteroatoms. The third kappa shape index (κ3) is 4.00. The molecule has 5 rings (SSSR count). The number of carbonyl (C=O) groups excluding carboxylic acids is 1. The number of pyridine rings is 1. The van der Waals surface area contributed by atoms with E-state index >= 15 is 0 Å². The van der Waals surface area contributed by atoms with Gasteiger partial charge in [0.15, 0.2) is 5.69 Å². The Bertz CT molecular complexity index is 1000. The molecule has 1 amide bonds. The van der Waals surface area contributed by atoms with Crippen LogP contribution in [0.2, 0.25) is 0 Å². The number of hydrogen-bond acceptors (Lipinski definition) is 6. The lowest BCUT2D eigenvalue weighted by Crippen LogP contribution is -2.53. The number of hydrogen-bond donors (Lipinski definition) is 1. The minimum Gasteiger partial charge on any atom is -0.360 e. The number of amides is 1. The highest BCUT2D eigenvalue weighted by molar-refractivity contribution is 7.89. The number of fused-ring (bicyclic) bond motifs is 2. The molecule has 30 heavy (non-hydrogen) atoms. The molecule has 3 fully saturated rings. The van der Waals surface area contributed by atoms with Crippen molar-refractivity contribution in [2.75, 3.05) is 5.75 Å². The fraction of sp³-hybridized carbons (Fsp3) is 0.571. The average molecular weight is 431 g/mol. The zero-order valence-corrected chi connectivity index (χ0v) is 17.6. The van der Waals surface area contributed by atoms with Gasteiger partial charge < -0.3 is 9.84 Å². The van der Waals surface area contributed by atoms with Gasteiger partial charge in [-0.1, -0.05) is 5.16 Å². The van der Waals surface area contributed by atoms with Crippen LogP contribution in [0.1, 0.15) is 66.3 Å². The van der Waals surface area contributed by atoms with Gasteiger partial charge in [-0.15, -0.1) is 0 Å². The molecular weight excluding hydrogens is 404 g/mol. The van der Waals surface area contributed by atoms with Crippen LogP contribution in [0, 0.1) is 0 Å². The Morgan fingerprint density at radius 3 is 2.50 bits per heavy atom. The van der Waals surface area contributed by atoms with E-state index in [9.17, 15) is 13.2 Å². The maximum absolute atomic E-state index is 13.0. The van der Waals surface area contributed by atoms with E-state index < -0.39 is 10.0 Å². The molecule has 8 nitrogen and oxygen atoms in total. The monoisotopic (exact) mass is 430 g/mol. The summed E-state index contributed by atoms with van der Waals surface area (Å²) >= 11 is 0. The summed E-state index contributed by atoms with van der Waals surface area (Å²) in [6.45, 7) is 0. The largest absolute Gasteiger partial charge is 0.360 e. The molecule has 3 aliphatic rings. The van der Waals surface area contributed by atoms with Crippen molar-refractivity contribution in [3.8, 4) is 0 Å². The predicted octanol–water partition coefficient (Wildman–Crippen LogP) is 2.24. The lowest BCUT2D eigenvalue weighted by Gasteiger charge is -2.38. The first-order valence-corrected chi connectivity index (χ1v) is 12.3. The van der Waals surface area contributed by atoms with Gasteiger partial charge in [0.25, 0.3) is 5.91 Å². The predicted molar refractivity (Wildman–Crippen MR) is 109 cm³/mol. The van der Waals surface area contributed by atoms with Crippen molar-refractivity contribution >= 4 is 15.9 Å². The third-order valence-electron chi connectivity index (χ3n) is 6.46. The number of piperidine rings is 1. The number of aryl methyl sites for hydroxylation is 1. The highest BCUT2D eigenvalue weighted by Crippen LogP contribution is 2.40. The molecule has 2 saturated heterocycles. The summed E-state index contributed by atoms with van der Waals surface area (Å²) in [5.41, 5.74) is 1.29. The maximum atomic E-state index is 13.0. The number of carbonyl (C=O) groups is 1. The van der Waals surface area contributed by atoms with Gasteiger partial charge in [-0.2, -0.15) is 4.31 Å². The second-order valence-electron chi connectivity index (χ2n) is 8.67. The smallest absolute Gasteiger partial charge is 0.273 e. The Morgan fingerprint density at radius 2 is 1.83 bits per heavy atom. The second kappa shape index (κ2) is 7.77. The van der Waals surface area contributed by atoms with Crippen LogP contribution in [0.3, 0.4) is 0 Å². The van der Waals surface area contributed by atoms with Gasteiger partial charge in [-0.3, -0.25) is 9.78 Å². The van der Waals surface area contributed by atoms with Gasteiger partial charge >= 0.3 is 0 Å². The molecule has 2 bridgehead atoms. The van der Waals surface area contributed by atoms with Crippen molar-refractivity contribution in [1.82, 2.24) is 19.8 Å². The highest BCUT2D eigenvalue weighted by Gasteiger charge is 2.46. The second-order valence-corrected chi connectivity index (χ2v) is 10.7. The fourth-order valence-corrected chi connectivity index (χ4v) is 6.82. The van der Waals surface area contributed by atoms with Crippen molar-refractivity contribution in [1.29, 1.82) is 0 Å². The SMILES string of the molecule is O=C(N[C@H]1C[C@H]2CC[C@@H](C1)N2S(=O)(=O)CCc1ccncc1)c1cc(C2CC2)on1. The van der Waals surface area contributed by atoms with Gasteiger partial charge in [0.1, 0.15) is 5.76 Å². The molecule has 160 valence electrons. The molecule has 3 atom stereocenters. The molecule has 1 aliphatic carbocycles. The Hall–Kier alpha value is -2.26. The molecule has 0 unspecified atom stereocenters. The Balaban J connectivity index is 1.20. The maximum Gasteiger partial charge on any atom is 0.273 e. The summed E-state index contributed by atoms with van der Waals surface area (Å²) in [6.07, 6.45) is 9.01. The van der Waals surface area contributed by atoms with Crippen LogP contribution >= 0.6 is 0 Å². The molecule has 1 saturated carbocycles. The summed E-state index contributed by atoms with van der Waals surface area (Å²) in [5, 5.41) is 6.95. The minimum absolute atomic E-state index is 0.0391. The summed E-state index contributed by atoms with van der Waals surface area (Å²) in [7, 11) is -3.35. The summed E-state index contributed by atoms with van der Waals surface area (Å²) in [4.78, 5) is 16.5. The van der Waals surface area contributed by atoms with Gasteiger partial charge in [0.05, 0.1) is 5.75 Å². The molecule has 1 N–H and O–H groups in total. The zero-order valence-electron chi connectivity index (χ0n) is 16.7. The lowest BCUT2D eigenvalue weighted by molar-refractivity contribution is 0.0900. The van der Waals surface area contributed by atoms with E-state index in [0.29, 0.717) is 30.9 Å². The Kier molecular flexibility index (Phi) is 5.10. The number of sulfonamides is 1. The van der Waals surface area contributed by atoms with Crippen LogP contribution in [0.25, 0.3) is 0 Å². The number of nitrogens with zero attached hydrogens (tertiary/aromatic N) is 3. The summed E-state index contributed by atoms with van der Waals surface area (Å²) < 4.78 is 33.1. The Morgan fingerprint density at radius 1 is 1.13 bits per heavy atom. The molecule has 2 aromatic heterocycles. The van der Waals surface area contributed by atoms with E-state index in [2.05, 4.69) is 15.5 Å². The number of rotatable bonds is 7. The van der Waals surface area contributed by atoms with E-state index in [1.165, 1.54) is 0 Å². The molecule has 2 aliphatic heterocycles. The average Bonchev–Trinajstić information content (AvgIpc) is 3.39. The summed E-state index contributed by atoms with van der Waals surface area (Å²) in [5.74, 6) is 1.07. The molecule has 0 spiro atoms. The van der Waals surface area contributed by atoms with Crippen LogP contribution in [-0.2, 0) is 16.4 Å². The van der Waals surface area contributed by atoms with E-state index in [-0.39, 0.29) is 29.8 Å². The van der Waals surface area contributed by atoms with Crippen molar-refractivity contribution in [2.45, 2.75) is 69.0 Å². The van der Waals surface area contributed by atoms with Crippen LogP contribution < -0.4 is 5.32 Å². The van der Waals surface area contributed by atoms with Crippen LogP contribution in [0.4, 0.5) is 0 Å². The van der Waals surface area contributed by atoms with Gasteiger partial charge in [0.2, 0.25) is 10.0 Å². The van der Waals surface area contributed by atoms with E-state index in [1.807, 2.05) is 12.1 Å². The third-order valence-corrected chi connectivity index (χ3v) is 8.42. The standard InChI is InChI=1S/C21H26N4O4S/c26-21(19-13-20(29-24-19)15-1-2-15)23-16-11-17-3-4-18(12-16)25(17)30(27,28)10-7-14-5-8-22-9-6-14/h5-6,8-9,13,15-18H,1-4,7,10-12H2,(H,23,26)/t16-,17+,18-. The van der Waals surface area contributed by atoms with Crippen LogP contribution in [0.5, 0.6) is 0 Å². The van der Waals surface area contributed by atoms with Crippen LogP contribution in [0.15, 0.2) is 35.1 Å². The van der Waals surface area contributed by atoms with Crippen molar-refractivity contribution in [3.63, 3.8) is 0 Å². The van der Waals surface area contributed by atoms with E-state index in [4.69, 9.17) is 4.52 Å². The zero-order chi connectivity index (χ0) is 20.7. The summed E-state index contributed by atoms with van der Waals surface area (Å²) in [6, 6.07) is 5.31. The van der Waals surface area contributed by atoms with Crippen molar-refractivity contribution < 1.29 is 17.7 Å².